The molecule has 0 aliphatic carbocycles. The summed E-state index contributed by atoms with van der Waals surface area (Å²) >= 11 is 9.78. The van der Waals surface area contributed by atoms with Crippen molar-refractivity contribution in [1.29, 1.82) is 0 Å². The van der Waals surface area contributed by atoms with E-state index in [1.54, 1.807) is 6.07 Å². The first-order valence-corrected chi connectivity index (χ1v) is 12.5. The molecule has 2 aromatic carbocycles. The molecule has 1 saturated heterocycles. The Bertz CT molecular complexity index is 1280. The third kappa shape index (κ3) is 6.71. The van der Waals surface area contributed by atoms with E-state index >= 15 is 0 Å². The zero-order chi connectivity index (χ0) is 26.4. The van der Waals surface area contributed by atoms with Gasteiger partial charge in [0.2, 0.25) is 5.91 Å². The fourth-order valence-corrected chi connectivity index (χ4v) is 4.46. The van der Waals surface area contributed by atoms with Gasteiger partial charge < -0.3 is 10.1 Å². The van der Waals surface area contributed by atoms with Crippen LogP contribution >= 0.6 is 39.3 Å². The van der Waals surface area contributed by atoms with Crippen LogP contribution in [0.5, 0.6) is 0 Å². The molecule has 3 amide bonds. The summed E-state index contributed by atoms with van der Waals surface area (Å²) in [6.45, 7) is 1.63. The molecule has 13 heteroatoms. The Hall–Kier alpha value is -3.22. The van der Waals surface area contributed by atoms with Crippen LogP contribution in [-0.2, 0) is 14.3 Å². The standard InChI is InChI=1S/C23H19BrClN3O7S/c1-2-3-8-35-22(31)15-11-14(5-7-17(15)25)26-20(29)12-27-21(30)19(36-23(27)32)10-13-4-6-16(24)18(9-13)28(33)34/h4-7,9-11H,2-3,8,12H2,1H3,(H,26,29)/b19-10-. The van der Waals surface area contributed by atoms with Gasteiger partial charge in [-0.15, -0.1) is 0 Å². The molecule has 0 atom stereocenters. The number of esters is 1. The molecular formula is C23H19BrClN3O7S. The molecule has 1 N–H and O–H groups in total. The number of nitro groups is 1. The number of halogens is 2. The number of thioether (sulfide) groups is 1. The van der Waals surface area contributed by atoms with E-state index in [4.69, 9.17) is 16.3 Å². The first-order chi connectivity index (χ1) is 17.1. The number of ether oxygens (including phenoxy) is 1. The highest BCUT2D eigenvalue weighted by Crippen LogP contribution is 2.34. The van der Waals surface area contributed by atoms with Gasteiger partial charge in [-0.3, -0.25) is 29.4 Å². The number of amides is 3. The van der Waals surface area contributed by atoms with Gasteiger partial charge in [0.15, 0.2) is 0 Å². The predicted molar refractivity (Wildman–Crippen MR) is 139 cm³/mol. The van der Waals surface area contributed by atoms with Crippen molar-refractivity contribution in [3.8, 4) is 0 Å². The van der Waals surface area contributed by atoms with Crippen LogP contribution in [0.2, 0.25) is 5.02 Å². The lowest BCUT2D eigenvalue weighted by Gasteiger charge is -2.13. The first kappa shape index (κ1) is 27.4. The van der Waals surface area contributed by atoms with Crippen molar-refractivity contribution in [2.24, 2.45) is 0 Å². The molecule has 188 valence electrons. The number of anilines is 1. The van der Waals surface area contributed by atoms with Crippen LogP contribution < -0.4 is 5.32 Å². The smallest absolute Gasteiger partial charge is 0.339 e. The number of hydrogen-bond donors (Lipinski definition) is 1. The summed E-state index contributed by atoms with van der Waals surface area (Å²) in [4.78, 5) is 61.2. The van der Waals surface area contributed by atoms with E-state index in [9.17, 15) is 29.3 Å². The molecule has 1 heterocycles. The van der Waals surface area contributed by atoms with Crippen molar-refractivity contribution in [3.63, 3.8) is 0 Å². The van der Waals surface area contributed by atoms with E-state index in [1.807, 2.05) is 6.92 Å². The zero-order valence-corrected chi connectivity index (χ0v) is 21.9. The second-order valence-corrected chi connectivity index (χ2v) is 9.72. The molecule has 3 rings (SSSR count). The molecule has 0 unspecified atom stereocenters. The van der Waals surface area contributed by atoms with E-state index in [2.05, 4.69) is 21.2 Å². The third-order valence-corrected chi connectivity index (χ3v) is 6.75. The summed E-state index contributed by atoms with van der Waals surface area (Å²) in [6, 6.07) is 8.51. The van der Waals surface area contributed by atoms with Gasteiger partial charge in [0.25, 0.3) is 16.8 Å². The van der Waals surface area contributed by atoms with Gasteiger partial charge in [0, 0.05) is 11.8 Å². The number of carbonyl (C=O) groups excluding carboxylic acids is 4. The van der Waals surface area contributed by atoms with Crippen molar-refractivity contribution >= 4 is 79.8 Å². The van der Waals surface area contributed by atoms with Gasteiger partial charge in [-0.1, -0.05) is 31.0 Å². The molecule has 10 nitrogen and oxygen atoms in total. The van der Waals surface area contributed by atoms with Gasteiger partial charge in [-0.25, -0.2) is 4.79 Å². The van der Waals surface area contributed by atoms with Crippen molar-refractivity contribution in [3.05, 3.63) is 72.0 Å². The number of benzene rings is 2. The highest BCUT2D eigenvalue weighted by molar-refractivity contribution is 9.10. The zero-order valence-electron chi connectivity index (χ0n) is 18.8. The normalized spacial score (nSPS) is 14.3. The number of nitrogens with one attached hydrogen (secondary N) is 1. The molecule has 1 aliphatic rings. The van der Waals surface area contributed by atoms with Crippen molar-refractivity contribution in [2.75, 3.05) is 18.5 Å². The Morgan fingerprint density at radius 1 is 1.25 bits per heavy atom. The number of unbranched alkanes of at least 4 members (excludes halogenated alkanes) is 1. The molecule has 36 heavy (non-hydrogen) atoms. The van der Waals surface area contributed by atoms with Crippen molar-refractivity contribution in [1.82, 2.24) is 4.90 Å². The quantitative estimate of drug-likeness (QED) is 0.129. The molecule has 2 aromatic rings. The van der Waals surface area contributed by atoms with Crippen LogP contribution in [0.25, 0.3) is 6.08 Å². The van der Waals surface area contributed by atoms with Crippen molar-refractivity contribution in [2.45, 2.75) is 19.8 Å². The van der Waals surface area contributed by atoms with E-state index in [0.717, 1.165) is 11.3 Å². The van der Waals surface area contributed by atoms with Gasteiger partial charge in [0.05, 0.1) is 31.5 Å². The summed E-state index contributed by atoms with van der Waals surface area (Å²) < 4.78 is 5.42. The van der Waals surface area contributed by atoms with Crippen LogP contribution in [0.1, 0.15) is 35.7 Å². The molecule has 0 bridgehead atoms. The molecule has 0 radical (unpaired) electrons. The minimum atomic E-state index is -0.706. The minimum absolute atomic E-state index is 0.0213. The fraction of sp³-hybridized carbons (Fsp3) is 0.217. The molecule has 0 saturated carbocycles. The van der Waals surface area contributed by atoms with Gasteiger partial charge in [0.1, 0.15) is 6.54 Å². The first-order valence-electron chi connectivity index (χ1n) is 10.6. The maximum absolute atomic E-state index is 12.7. The van der Waals surface area contributed by atoms with Gasteiger partial charge in [-0.2, -0.15) is 0 Å². The second-order valence-electron chi connectivity index (χ2n) is 7.47. The Kier molecular flexibility index (Phi) is 9.24. The molecule has 0 aromatic heterocycles. The largest absolute Gasteiger partial charge is 0.462 e. The number of imide groups is 1. The summed E-state index contributed by atoms with van der Waals surface area (Å²) in [5, 5.41) is 13.1. The molecule has 0 spiro atoms. The van der Waals surface area contributed by atoms with E-state index in [0.29, 0.717) is 23.7 Å². The van der Waals surface area contributed by atoms with Crippen LogP contribution in [0.15, 0.2) is 45.8 Å². The average molecular weight is 597 g/mol. The SMILES string of the molecule is CCCCOC(=O)c1cc(NC(=O)CN2C(=O)S/C(=C\c3ccc(Br)c([N+](=O)[O-])c3)C2=O)ccc1Cl. The number of hydrogen-bond acceptors (Lipinski definition) is 8. The summed E-state index contributed by atoms with van der Waals surface area (Å²) in [5.74, 6) is -2.01. The Balaban J connectivity index is 1.69. The maximum atomic E-state index is 12.7. The highest BCUT2D eigenvalue weighted by Gasteiger charge is 2.36. The van der Waals surface area contributed by atoms with Crippen LogP contribution in [0, 0.1) is 10.1 Å². The highest BCUT2D eigenvalue weighted by atomic mass is 79.9. The molecule has 1 fully saturated rings. The van der Waals surface area contributed by atoms with Gasteiger partial charge in [-0.05, 0) is 70.0 Å². The second kappa shape index (κ2) is 12.2. The van der Waals surface area contributed by atoms with Crippen LogP contribution in [-0.4, -0.2) is 46.0 Å². The topological polar surface area (TPSA) is 136 Å². The lowest BCUT2D eigenvalue weighted by Crippen LogP contribution is -2.36. The van der Waals surface area contributed by atoms with E-state index in [1.165, 1.54) is 36.4 Å². The molecular weight excluding hydrogens is 578 g/mol. The van der Waals surface area contributed by atoms with E-state index in [-0.39, 0.29) is 37.9 Å². The van der Waals surface area contributed by atoms with E-state index < -0.39 is 34.5 Å². The Morgan fingerprint density at radius 3 is 2.69 bits per heavy atom. The summed E-state index contributed by atoms with van der Waals surface area (Å²) in [7, 11) is 0. The maximum Gasteiger partial charge on any atom is 0.339 e. The predicted octanol–water partition coefficient (Wildman–Crippen LogP) is 5.64. The lowest BCUT2D eigenvalue weighted by atomic mass is 10.2. The Labute approximate surface area is 223 Å². The van der Waals surface area contributed by atoms with Crippen LogP contribution in [0.3, 0.4) is 0 Å². The minimum Gasteiger partial charge on any atom is -0.462 e. The molecule has 1 aliphatic heterocycles. The number of carbonyl (C=O) groups is 4. The fourth-order valence-electron chi connectivity index (χ4n) is 3.04. The number of nitro benzene ring substituents is 1. The summed E-state index contributed by atoms with van der Waals surface area (Å²) in [6.07, 6.45) is 2.89. The van der Waals surface area contributed by atoms with Crippen molar-refractivity contribution < 1.29 is 28.8 Å². The third-order valence-electron chi connectivity index (χ3n) is 4.84. The Morgan fingerprint density at radius 2 is 2.00 bits per heavy atom. The van der Waals surface area contributed by atoms with Gasteiger partial charge >= 0.3 is 5.97 Å². The average Bonchev–Trinajstić information content (AvgIpc) is 3.08. The summed E-state index contributed by atoms with van der Waals surface area (Å²) in [5.41, 5.74) is 0.457. The number of nitrogens with zero attached hydrogens (tertiary/aromatic N) is 2. The monoisotopic (exact) mass is 595 g/mol. The lowest BCUT2D eigenvalue weighted by molar-refractivity contribution is -0.385. The number of rotatable bonds is 9. The van der Waals surface area contributed by atoms with Crippen LogP contribution in [0.4, 0.5) is 16.2 Å².